The number of halogens is 2. The van der Waals surface area contributed by atoms with Crippen molar-refractivity contribution in [3.05, 3.63) is 157 Å². The van der Waals surface area contributed by atoms with Crippen molar-refractivity contribution in [1.29, 1.82) is 0 Å². The largest absolute Gasteiger partial charge is 0.457 e. The number of benzene rings is 6. The van der Waals surface area contributed by atoms with E-state index in [1.807, 2.05) is 66.7 Å². The van der Waals surface area contributed by atoms with E-state index in [0.29, 0.717) is 51.4 Å². The fraction of sp³-hybridized carbons (Fsp3) is 0.208. The van der Waals surface area contributed by atoms with Gasteiger partial charge in [0.05, 0.1) is 11.4 Å². The third-order valence-electron chi connectivity index (χ3n) is 9.97. The summed E-state index contributed by atoms with van der Waals surface area (Å²) in [7, 11) is 0. The summed E-state index contributed by atoms with van der Waals surface area (Å²) < 4.78 is 40.6. The van der Waals surface area contributed by atoms with Gasteiger partial charge in [0, 0.05) is 55.0 Å². The van der Waals surface area contributed by atoms with Crippen molar-refractivity contribution in [3.63, 3.8) is 0 Å². The summed E-state index contributed by atoms with van der Waals surface area (Å²) in [6, 6.07) is 41.7. The number of carbonyl (C=O) groups is 2. The number of carbonyl (C=O) groups excluding carboxylic acids is 2. The van der Waals surface area contributed by atoms with E-state index >= 15 is 0 Å². The Bertz CT molecular complexity index is 2320. The van der Waals surface area contributed by atoms with E-state index in [1.54, 1.807) is 66.7 Å². The van der Waals surface area contributed by atoms with E-state index in [-0.39, 0.29) is 11.6 Å². The molecular formula is C48H48F2N6O4. The van der Waals surface area contributed by atoms with Crippen LogP contribution in [0.3, 0.4) is 0 Å². The molecule has 0 unspecified atom stereocenters. The number of hydrogen-bond donors (Lipinski definition) is 4. The van der Waals surface area contributed by atoms with Crippen molar-refractivity contribution in [2.45, 2.75) is 38.5 Å². The second-order valence-corrected chi connectivity index (χ2v) is 14.5. The van der Waals surface area contributed by atoms with Crippen LogP contribution in [0, 0.1) is 11.6 Å². The third kappa shape index (κ3) is 12.0. The second kappa shape index (κ2) is 20.6. The molecule has 2 heterocycles. The minimum Gasteiger partial charge on any atom is -0.457 e. The maximum absolute atomic E-state index is 14.5. The minimum absolute atomic E-state index is 0.322. The van der Waals surface area contributed by atoms with Crippen LogP contribution in [0.25, 0.3) is 0 Å². The van der Waals surface area contributed by atoms with Gasteiger partial charge < -0.3 is 40.5 Å². The predicted octanol–water partition coefficient (Wildman–Crippen LogP) is 12.5. The van der Waals surface area contributed by atoms with E-state index in [1.165, 1.54) is 25.0 Å². The number of ether oxygens (including phenoxy) is 2. The number of anilines is 6. The molecule has 0 radical (unpaired) electrons. The minimum atomic E-state index is -0.447. The van der Waals surface area contributed by atoms with Crippen molar-refractivity contribution in [2.24, 2.45) is 0 Å². The van der Waals surface area contributed by atoms with Crippen molar-refractivity contribution in [1.82, 2.24) is 0 Å². The maximum atomic E-state index is 14.5. The van der Waals surface area contributed by atoms with Crippen molar-refractivity contribution in [2.75, 3.05) is 57.2 Å². The first-order valence-corrected chi connectivity index (χ1v) is 20.3. The SMILES string of the molecule is O=C(Nc1ccc(Oc2ccccc2)cc1)Nc1ccc(N2CCCCC2)c(F)c1.O=C(Nc1cccc(Oc2ccccc2)c1)Nc1ccc(N2CCCCC2)c(F)c1. The highest BCUT2D eigenvalue weighted by atomic mass is 19.1. The number of urea groups is 2. The smallest absolute Gasteiger partial charge is 0.323 e. The molecule has 60 heavy (non-hydrogen) atoms. The van der Waals surface area contributed by atoms with Crippen LogP contribution >= 0.6 is 0 Å². The van der Waals surface area contributed by atoms with E-state index in [0.717, 1.165) is 57.6 Å². The van der Waals surface area contributed by atoms with Crippen LogP contribution in [0.4, 0.5) is 52.5 Å². The van der Waals surface area contributed by atoms with Crippen LogP contribution in [-0.4, -0.2) is 38.2 Å². The Morgan fingerprint density at radius 2 is 0.783 bits per heavy atom. The molecule has 0 atom stereocenters. The van der Waals surface area contributed by atoms with Crippen molar-refractivity contribution in [3.8, 4) is 23.0 Å². The van der Waals surface area contributed by atoms with Gasteiger partial charge in [-0.2, -0.15) is 0 Å². The molecule has 6 aromatic carbocycles. The zero-order valence-corrected chi connectivity index (χ0v) is 33.2. The van der Waals surface area contributed by atoms with Gasteiger partial charge in [0.25, 0.3) is 0 Å². The first kappa shape index (κ1) is 41.1. The first-order valence-electron chi connectivity index (χ1n) is 20.3. The molecular weight excluding hydrogens is 763 g/mol. The number of amides is 4. The summed E-state index contributed by atoms with van der Waals surface area (Å²) >= 11 is 0. The highest BCUT2D eigenvalue weighted by Gasteiger charge is 2.17. The molecule has 0 aromatic heterocycles. The van der Waals surface area contributed by atoms with Crippen molar-refractivity contribution < 1.29 is 27.8 Å². The highest BCUT2D eigenvalue weighted by Crippen LogP contribution is 2.29. The number of piperidine rings is 2. The molecule has 4 amide bonds. The molecule has 2 saturated heterocycles. The molecule has 8 rings (SSSR count). The molecule has 308 valence electrons. The van der Waals surface area contributed by atoms with Crippen LogP contribution in [0.2, 0.25) is 0 Å². The Hall–Kier alpha value is -7.08. The summed E-state index contributed by atoms with van der Waals surface area (Å²) in [5.41, 5.74) is 3.18. The van der Waals surface area contributed by atoms with Crippen LogP contribution in [0.15, 0.2) is 146 Å². The van der Waals surface area contributed by atoms with Gasteiger partial charge in [0.1, 0.15) is 34.6 Å². The zero-order chi connectivity index (χ0) is 41.5. The fourth-order valence-electron chi connectivity index (χ4n) is 7.03. The fourth-order valence-corrected chi connectivity index (χ4v) is 7.03. The zero-order valence-electron chi connectivity index (χ0n) is 33.2. The second-order valence-electron chi connectivity index (χ2n) is 14.5. The van der Waals surface area contributed by atoms with E-state index < -0.39 is 12.1 Å². The lowest BCUT2D eigenvalue weighted by atomic mass is 10.1. The Kier molecular flexibility index (Phi) is 14.1. The summed E-state index contributed by atoms with van der Waals surface area (Å²) in [5.74, 6) is 2.08. The predicted molar refractivity (Wildman–Crippen MR) is 236 cm³/mol. The molecule has 6 aromatic rings. The van der Waals surface area contributed by atoms with Gasteiger partial charge in [0.2, 0.25) is 0 Å². The van der Waals surface area contributed by atoms with Crippen molar-refractivity contribution >= 4 is 46.2 Å². The Morgan fingerprint density at radius 3 is 1.25 bits per heavy atom. The molecule has 2 aliphatic rings. The van der Waals surface area contributed by atoms with Crippen LogP contribution in [0.5, 0.6) is 23.0 Å². The molecule has 4 N–H and O–H groups in total. The number of nitrogens with zero attached hydrogens (tertiary/aromatic N) is 2. The molecule has 2 fully saturated rings. The van der Waals surface area contributed by atoms with Gasteiger partial charge in [-0.3, -0.25) is 0 Å². The van der Waals surface area contributed by atoms with Gasteiger partial charge in [-0.25, -0.2) is 18.4 Å². The number of nitrogens with one attached hydrogen (secondary N) is 4. The Balaban J connectivity index is 0.000000181. The van der Waals surface area contributed by atoms with E-state index in [9.17, 15) is 18.4 Å². The third-order valence-corrected chi connectivity index (χ3v) is 9.97. The average molecular weight is 811 g/mol. The van der Waals surface area contributed by atoms with Crippen LogP contribution in [0.1, 0.15) is 38.5 Å². The van der Waals surface area contributed by atoms with Gasteiger partial charge in [-0.15, -0.1) is 0 Å². The van der Waals surface area contributed by atoms with Gasteiger partial charge >= 0.3 is 12.1 Å². The quantitative estimate of drug-likeness (QED) is 0.110. The van der Waals surface area contributed by atoms with Crippen LogP contribution < -0.4 is 40.5 Å². The van der Waals surface area contributed by atoms with E-state index in [2.05, 4.69) is 31.1 Å². The highest BCUT2D eigenvalue weighted by molar-refractivity contribution is 6.00. The Morgan fingerprint density at radius 1 is 0.400 bits per heavy atom. The maximum Gasteiger partial charge on any atom is 0.323 e. The lowest BCUT2D eigenvalue weighted by molar-refractivity contribution is 0.261. The summed E-state index contributed by atoms with van der Waals surface area (Å²) in [6.07, 6.45) is 6.70. The van der Waals surface area contributed by atoms with E-state index in [4.69, 9.17) is 9.47 Å². The first-order chi connectivity index (χ1) is 29.3. The molecule has 0 saturated carbocycles. The Labute approximate surface area is 349 Å². The standard InChI is InChI=1S/2C24H24FN3O2/c25-22-17-19(12-13-23(22)28-14-5-2-6-15-28)27-24(29)26-18-8-7-11-21(16-18)30-20-9-3-1-4-10-20;25-22-17-19(11-14-23(22)28-15-5-2-6-16-28)27-24(29)26-18-9-12-21(13-10-18)30-20-7-3-1-4-8-20/h1,3-4,7-13,16-17H,2,5-6,14-15H2,(H2,26,27,29);1,3-4,7-14,17H,2,5-6,15-16H2,(H2,26,27,29). The number of rotatable bonds is 10. The van der Waals surface area contributed by atoms with Gasteiger partial charge in [-0.1, -0.05) is 42.5 Å². The molecule has 12 heteroatoms. The number of hydrogen-bond acceptors (Lipinski definition) is 6. The summed E-state index contributed by atoms with van der Waals surface area (Å²) in [4.78, 5) is 28.7. The molecule has 0 aliphatic carbocycles. The molecule has 0 bridgehead atoms. The van der Waals surface area contributed by atoms with Crippen LogP contribution in [-0.2, 0) is 0 Å². The lowest BCUT2D eigenvalue weighted by Crippen LogP contribution is -2.30. The number of para-hydroxylation sites is 2. The van der Waals surface area contributed by atoms with Gasteiger partial charge in [0.15, 0.2) is 0 Å². The average Bonchev–Trinajstić information content (AvgIpc) is 3.26. The summed E-state index contributed by atoms with van der Waals surface area (Å²) in [5, 5.41) is 10.8. The summed E-state index contributed by atoms with van der Waals surface area (Å²) in [6.45, 7) is 3.47. The monoisotopic (exact) mass is 810 g/mol. The van der Waals surface area contributed by atoms with Gasteiger partial charge in [-0.05, 0) is 136 Å². The topological polar surface area (TPSA) is 107 Å². The normalized spacial score (nSPS) is 13.6. The molecule has 2 aliphatic heterocycles. The molecule has 10 nitrogen and oxygen atoms in total. The molecule has 0 spiro atoms. The lowest BCUT2D eigenvalue weighted by Gasteiger charge is -2.29.